The Morgan fingerprint density at radius 2 is 1.55 bits per heavy atom. The highest BCUT2D eigenvalue weighted by Crippen LogP contribution is 2.03. The molecule has 0 aromatic heterocycles. The summed E-state index contributed by atoms with van der Waals surface area (Å²) in [5.74, 6) is -5.19. The lowest BCUT2D eigenvalue weighted by Gasteiger charge is -2.21. The van der Waals surface area contributed by atoms with Gasteiger partial charge in [-0.05, 0) is 38.6 Å². The lowest BCUT2D eigenvalue weighted by Crippen LogP contribution is -2.53. The molecule has 188 valence electrons. The lowest BCUT2D eigenvalue weighted by atomic mass is 10.1. The molecule has 0 fully saturated rings. The zero-order valence-corrected chi connectivity index (χ0v) is 18.3. The summed E-state index contributed by atoms with van der Waals surface area (Å²) in [6, 6.07) is -3.57. The standard InChI is InChI=1S/C18H34N8O7/c19-6-2-1-5-11(26-15(30)10(20)4-3-7-23-18(21)22)16(31)24-9-13(27)25-12(17(32)33)8-14(28)29/h10-12H,1-9,19-20H2,(H,24,31)(H,25,27)(H,26,30)(H,28,29)(H,32,33)(H4,21,22,23). The molecule has 0 aliphatic rings. The van der Waals surface area contributed by atoms with Gasteiger partial charge < -0.3 is 49.1 Å². The molecule has 15 nitrogen and oxygen atoms in total. The molecule has 3 atom stereocenters. The van der Waals surface area contributed by atoms with Crippen molar-refractivity contribution >= 4 is 35.6 Å². The van der Waals surface area contributed by atoms with Crippen LogP contribution >= 0.6 is 0 Å². The summed E-state index contributed by atoms with van der Waals surface area (Å²) >= 11 is 0. The van der Waals surface area contributed by atoms with E-state index in [0.717, 1.165) is 0 Å². The van der Waals surface area contributed by atoms with E-state index >= 15 is 0 Å². The van der Waals surface area contributed by atoms with Crippen LogP contribution in [-0.2, 0) is 24.0 Å². The Morgan fingerprint density at radius 3 is 2.09 bits per heavy atom. The maximum Gasteiger partial charge on any atom is 0.326 e. The fourth-order valence-corrected chi connectivity index (χ4v) is 2.60. The summed E-state index contributed by atoms with van der Waals surface area (Å²) in [5, 5.41) is 24.5. The molecule has 3 amide bonds. The third-order valence-electron chi connectivity index (χ3n) is 4.32. The van der Waals surface area contributed by atoms with Gasteiger partial charge in [-0.1, -0.05) is 0 Å². The summed E-state index contributed by atoms with van der Waals surface area (Å²) in [5.41, 5.74) is 21.7. The molecule has 0 aliphatic heterocycles. The Labute approximate surface area is 190 Å². The van der Waals surface area contributed by atoms with Gasteiger partial charge in [-0.15, -0.1) is 0 Å². The fourth-order valence-electron chi connectivity index (χ4n) is 2.60. The highest BCUT2D eigenvalue weighted by molar-refractivity contribution is 5.93. The molecule has 0 saturated heterocycles. The molecule has 0 rings (SSSR count). The van der Waals surface area contributed by atoms with E-state index < -0.39 is 60.8 Å². The SMILES string of the molecule is NCCCCC(NC(=O)C(N)CCCN=C(N)N)C(=O)NCC(=O)NC(CC(=O)O)C(=O)O. The number of carboxylic acid groups (broad SMARTS) is 2. The quantitative estimate of drug-likeness (QED) is 0.0558. The van der Waals surface area contributed by atoms with E-state index in [1.165, 1.54) is 0 Å². The smallest absolute Gasteiger partial charge is 0.326 e. The number of rotatable bonds is 17. The number of unbranched alkanes of at least 4 members (excludes halogenated alkanes) is 1. The van der Waals surface area contributed by atoms with Crippen molar-refractivity contribution in [2.45, 2.75) is 56.7 Å². The van der Waals surface area contributed by atoms with E-state index in [4.69, 9.17) is 33.1 Å². The van der Waals surface area contributed by atoms with Gasteiger partial charge in [-0.25, -0.2) is 4.79 Å². The van der Waals surface area contributed by atoms with Crippen molar-refractivity contribution in [3.05, 3.63) is 0 Å². The van der Waals surface area contributed by atoms with Crippen molar-refractivity contribution in [1.82, 2.24) is 16.0 Å². The molecule has 15 heteroatoms. The summed E-state index contributed by atoms with van der Waals surface area (Å²) < 4.78 is 0. The van der Waals surface area contributed by atoms with Crippen LogP contribution in [0.4, 0.5) is 0 Å². The average Bonchev–Trinajstić information content (AvgIpc) is 2.73. The third-order valence-corrected chi connectivity index (χ3v) is 4.32. The molecule has 3 unspecified atom stereocenters. The second-order valence-corrected chi connectivity index (χ2v) is 7.17. The number of carboxylic acids is 2. The highest BCUT2D eigenvalue weighted by atomic mass is 16.4. The van der Waals surface area contributed by atoms with Crippen molar-refractivity contribution in [2.75, 3.05) is 19.6 Å². The van der Waals surface area contributed by atoms with Gasteiger partial charge in [0.05, 0.1) is 19.0 Å². The molecule has 0 heterocycles. The fraction of sp³-hybridized carbons (Fsp3) is 0.667. The van der Waals surface area contributed by atoms with Crippen LogP contribution in [0.3, 0.4) is 0 Å². The molecule has 0 spiro atoms. The first-order chi connectivity index (χ1) is 15.5. The van der Waals surface area contributed by atoms with Crippen LogP contribution in [0.15, 0.2) is 4.99 Å². The molecule has 0 aliphatic carbocycles. The van der Waals surface area contributed by atoms with Gasteiger partial charge in [0.25, 0.3) is 0 Å². The van der Waals surface area contributed by atoms with Crippen LogP contribution in [-0.4, -0.2) is 83.6 Å². The summed E-state index contributed by atoms with van der Waals surface area (Å²) in [6.45, 7) is 0.0588. The van der Waals surface area contributed by atoms with Gasteiger partial charge in [-0.2, -0.15) is 0 Å². The second-order valence-electron chi connectivity index (χ2n) is 7.17. The normalized spacial score (nSPS) is 13.2. The van der Waals surface area contributed by atoms with Crippen LogP contribution in [0.25, 0.3) is 0 Å². The number of amides is 3. The number of nitrogens with one attached hydrogen (secondary N) is 3. The largest absolute Gasteiger partial charge is 0.481 e. The minimum Gasteiger partial charge on any atom is -0.481 e. The average molecular weight is 475 g/mol. The number of carbonyl (C=O) groups is 5. The minimum atomic E-state index is -1.65. The summed E-state index contributed by atoms with van der Waals surface area (Å²) in [7, 11) is 0. The third kappa shape index (κ3) is 14.3. The van der Waals surface area contributed by atoms with Crippen molar-refractivity contribution in [3.63, 3.8) is 0 Å². The van der Waals surface area contributed by atoms with Gasteiger partial charge in [0.1, 0.15) is 12.1 Å². The predicted octanol–water partition coefficient (Wildman–Crippen LogP) is -3.86. The Balaban J connectivity index is 4.84. The van der Waals surface area contributed by atoms with Crippen molar-refractivity contribution in [2.24, 2.45) is 27.9 Å². The number of carbonyl (C=O) groups excluding carboxylic acids is 3. The van der Waals surface area contributed by atoms with Crippen LogP contribution < -0.4 is 38.9 Å². The number of aliphatic carboxylic acids is 2. The van der Waals surface area contributed by atoms with Gasteiger partial charge in [-0.3, -0.25) is 24.2 Å². The molecule has 0 radical (unpaired) electrons. The van der Waals surface area contributed by atoms with E-state index in [2.05, 4.69) is 15.6 Å². The van der Waals surface area contributed by atoms with E-state index in [-0.39, 0.29) is 25.3 Å². The monoisotopic (exact) mass is 474 g/mol. The van der Waals surface area contributed by atoms with Crippen LogP contribution in [0, 0.1) is 0 Å². The van der Waals surface area contributed by atoms with E-state index in [0.29, 0.717) is 25.8 Å². The Hall–Kier alpha value is -3.46. The van der Waals surface area contributed by atoms with Crippen LogP contribution in [0.2, 0.25) is 0 Å². The first kappa shape index (κ1) is 29.5. The maximum absolute atomic E-state index is 12.5. The highest BCUT2D eigenvalue weighted by Gasteiger charge is 2.26. The zero-order valence-electron chi connectivity index (χ0n) is 18.3. The van der Waals surface area contributed by atoms with Crippen LogP contribution in [0.5, 0.6) is 0 Å². The van der Waals surface area contributed by atoms with Crippen LogP contribution in [0.1, 0.15) is 38.5 Å². The van der Waals surface area contributed by atoms with Gasteiger partial charge in [0.2, 0.25) is 17.7 Å². The Bertz CT molecular complexity index is 712. The number of aliphatic imine (C=N–C) groups is 1. The number of guanidine groups is 1. The molecule has 0 aromatic carbocycles. The minimum absolute atomic E-state index is 0.0775. The van der Waals surface area contributed by atoms with E-state index in [1.54, 1.807) is 0 Å². The lowest BCUT2D eigenvalue weighted by molar-refractivity contribution is -0.147. The summed E-state index contributed by atoms with van der Waals surface area (Å²) in [6.07, 6.45) is 1.22. The van der Waals surface area contributed by atoms with Crippen molar-refractivity contribution < 1.29 is 34.2 Å². The maximum atomic E-state index is 12.5. The Morgan fingerprint density at radius 1 is 0.879 bits per heavy atom. The van der Waals surface area contributed by atoms with E-state index in [9.17, 15) is 24.0 Å². The second kappa shape index (κ2) is 16.2. The number of nitrogens with two attached hydrogens (primary N) is 4. The predicted molar refractivity (Wildman–Crippen MR) is 118 cm³/mol. The topological polar surface area (TPSA) is 278 Å². The molecule has 13 N–H and O–H groups in total. The van der Waals surface area contributed by atoms with Gasteiger partial charge in [0.15, 0.2) is 5.96 Å². The zero-order chi connectivity index (χ0) is 25.4. The van der Waals surface area contributed by atoms with Gasteiger partial charge in [0, 0.05) is 6.54 Å². The van der Waals surface area contributed by atoms with Crippen molar-refractivity contribution in [1.29, 1.82) is 0 Å². The molecule has 33 heavy (non-hydrogen) atoms. The number of nitrogens with zero attached hydrogens (tertiary/aromatic N) is 1. The summed E-state index contributed by atoms with van der Waals surface area (Å²) in [4.78, 5) is 62.3. The van der Waals surface area contributed by atoms with Crippen molar-refractivity contribution in [3.8, 4) is 0 Å². The first-order valence-electron chi connectivity index (χ1n) is 10.3. The van der Waals surface area contributed by atoms with E-state index in [1.807, 2.05) is 5.32 Å². The molecule has 0 aromatic rings. The molecule has 0 saturated carbocycles. The first-order valence-corrected chi connectivity index (χ1v) is 10.3. The number of hydrogen-bond acceptors (Lipinski definition) is 8. The van der Waals surface area contributed by atoms with Gasteiger partial charge >= 0.3 is 11.9 Å². The molecule has 0 bridgehead atoms. The molecular formula is C18H34N8O7. The number of hydrogen-bond donors (Lipinski definition) is 9. The Kier molecular flexibility index (Phi) is 14.5. The molecular weight excluding hydrogens is 440 g/mol.